The SMILES string of the molecule is CC(c1cccc(C(F)(F)F)c1)N1CC(CS(=O)(=O)F)CC1=O. The van der Waals surface area contributed by atoms with Crippen molar-refractivity contribution >= 4 is 16.1 Å². The van der Waals surface area contributed by atoms with Crippen LogP contribution in [0.3, 0.4) is 0 Å². The van der Waals surface area contributed by atoms with Crippen LogP contribution in [0.5, 0.6) is 0 Å². The minimum Gasteiger partial charge on any atom is -0.336 e. The van der Waals surface area contributed by atoms with Crippen LogP contribution in [-0.2, 0) is 21.2 Å². The van der Waals surface area contributed by atoms with Gasteiger partial charge in [0.25, 0.3) is 0 Å². The molecule has 2 unspecified atom stereocenters. The van der Waals surface area contributed by atoms with E-state index in [-0.39, 0.29) is 18.5 Å². The fourth-order valence-electron chi connectivity index (χ4n) is 2.73. The summed E-state index contributed by atoms with van der Waals surface area (Å²) in [5.41, 5.74) is -0.534. The molecule has 1 aliphatic heterocycles. The Morgan fingerprint density at radius 3 is 2.57 bits per heavy atom. The molecule has 4 nitrogen and oxygen atoms in total. The number of hydrogen-bond donors (Lipinski definition) is 0. The van der Waals surface area contributed by atoms with Crippen molar-refractivity contribution in [2.75, 3.05) is 12.3 Å². The third kappa shape index (κ3) is 4.43. The van der Waals surface area contributed by atoms with Crippen LogP contribution in [0.4, 0.5) is 17.1 Å². The van der Waals surface area contributed by atoms with Gasteiger partial charge in [0.15, 0.2) is 0 Å². The molecule has 1 aromatic rings. The Hall–Kier alpha value is -1.64. The molecule has 0 aromatic heterocycles. The number of benzene rings is 1. The minimum absolute atomic E-state index is 0.000600. The number of nitrogens with zero attached hydrogens (tertiary/aromatic N) is 1. The second-order valence-electron chi connectivity index (χ2n) is 5.62. The lowest BCUT2D eigenvalue weighted by atomic mass is 10.0. The van der Waals surface area contributed by atoms with Crippen molar-refractivity contribution in [2.24, 2.45) is 5.92 Å². The molecular weight excluding hydrogens is 338 g/mol. The number of rotatable bonds is 4. The van der Waals surface area contributed by atoms with Gasteiger partial charge in [0, 0.05) is 18.9 Å². The van der Waals surface area contributed by atoms with E-state index in [9.17, 15) is 30.3 Å². The van der Waals surface area contributed by atoms with Gasteiger partial charge in [-0.2, -0.15) is 21.6 Å². The second-order valence-corrected chi connectivity index (χ2v) is 7.03. The molecule has 1 amide bonds. The second kappa shape index (κ2) is 6.10. The van der Waals surface area contributed by atoms with E-state index in [4.69, 9.17) is 0 Å². The normalized spacial score (nSPS) is 20.8. The highest BCUT2D eigenvalue weighted by atomic mass is 32.3. The predicted octanol–water partition coefficient (Wildman–Crippen LogP) is 2.91. The lowest BCUT2D eigenvalue weighted by molar-refractivity contribution is -0.137. The summed E-state index contributed by atoms with van der Waals surface area (Å²) in [7, 11) is -4.70. The van der Waals surface area contributed by atoms with Crippen molar-refractivity contribution in [3.63, 3.8) is 0 Å². The standard InChI is InChI=1S/C14H15F4NO3S/c1-9(11-3-2-4-12(6-11)14(15,16)17)19-7-10(5-13(19)20)8-23(18,21)22/h2-4,6,9-10H,5,7-8H2,1H3. The zero-order valence-electron chi connectivity index (χ0n) is 12.2. The minimum atomic E-state index is -4.70. The largest absolute Gasteiger partial charge is 0.416 e. The summed E-state index contributed by atoms with van der Waals surface area (Å²) < 4.78 is 72.3. The molecule has 0 N–H and O–H groups in total. The molecule has 0 bridgehead atoms. The van der Waals surface area contributed by atoms with Crippen molar-refractivity contribution in [3.05, 3.63) is 35.4 Å². The van der Waals surface area contributed by atoms with Crippen LogP contribution in [0.15, 0.2) is 24.3 Å². The molecule has 1 aromatic carbocycles. The van der Waals surface area contributed by atoms with Gasteiger partial charge < -0.3 is 4.90 Å². The highest BCUT2D eigenvalue weighted by Crippen LogP contribution is 2.34. The summed E-state index contributed by atoms with van der Waals surface area (Å²) in [6.07, 6.45) is -4.62. The van der Waals surface area contributed by atoms with Crippen molar-refractivity contribution in [3.8, 4) is 0 Å². The Kier molecular flexibility index (Phi) is 4.70. The zero-order chi connectivity index (χ0) is 17.4. The first-order valence-corrected chi connectivity index (χ1v) is 8.41. The first-order chi connectivity index (χ1) is 10.5. The maximum Gasteiger partial charge on any atom is 0.416 e. The molecule has 128 valence electrons. The molecule has 2 rings (SSSR count). The van der Waals surface area contributed by atoms with E-state index in [0.29, 0.717) is 0 Å². The molecule has 0 aliphatic carbocycles. The van der Waals surface area contributed by atoms with E-state index in [1.165, 1.54) is 17.0 Å². The number of hydrogen-bond acceptors (Lipinski definition) is 3. The van der Waals surface area contributed by atoms with Crippen LogP contribution in [-0.4, -0.2) is 31.5 Å². The van der Waals surface area contributed by atoms with Crippen LogP contribution in [0.1, 0.15) is 30.5 Å². The number of halogens is 4. The summed E-state index contributed by atoms with van der Waals surface area (Å²) in [5, 5.41) is 0. The van der Waals surface area contributed by atoms with Crippen LogP contribution in [0, 0.1) is 5.92 Å². The average molecular weight is 353 g/mol. The first-order valence-electron chi connectivity index (χ1n) is 6.86. The van der Waals surface area contributed by atoms with Gasteiger partial charge in [-0.3, -0.25) is 4.79 Å². The number of alkyl halides is 3. The molecule has 1 fully saturated rings. The quantitative estimate of drug-likeness (QED) is 0.618. The molecule has 0 saturated carbocycles. The lowest BCUT2D eigenvalue weighted by Gasteiger charge is -2.25. The van der Waals surface area contributed by atoms with Crippen LogP contribution < -0.4 is 0 Å². The monoisotopic (exact) mass is 353 g/mol. The Morgan fingerprint density at radius 2 is 2.00 bits per heavy atom. The number of likely N-dealkylation sites (tertiary alicyclic amines) is 1. The van der Waals surface area contributed by atoms with Gasteiger partial charge in [-0.15, -0.1) is 3.89 Å². The van der Waals surface area contributed by atoms with Gasteiger partial charge in [-0.1, -0.05) is 12.1 Å². The third-order valence-corrected chi connectivity index (χ3v) is 4.71. The Balaban J connectivity index is 2.18. The van der Waals surface area contributed by atoms with E-state index in [2.05, 4.69) is 0 Å². The molecule has 0 radical (unpaired) electrons. The highest BCUT2D eigenvalue weighted by Gasteiger charge is 2.36. The maximum atomic E-state index is 12.7. The van der Waals surface area contributed by atoms with Gasteiger partial charge in [-0.25, -0.2) is 0 Å². The molecule has 2 atom stereocenters. The van der Waals surface area contributed by atoms with E-state index in [1.54, 1.807) is 6.92 Å². The topological polar surface area (TPSA) is 54.5 Å². The van der Waals surface area contributed by atoms with Crippen LogP contribution in [0.2, 0.25) is 0 Å². The Bertz CT molecular complexity index is 702. The van der Waals surface area contributed by atoms with Crippen molar-refractivity contribution in [1.82, 2.24) is 4.90 Å². The molecular formula is C14H15F4NO3S. The average Bonchev–Trinajstić information content (AvgIpc) is 2.75. The molecule has 1 heterocycles. The van der Waals surface area contributed by atoms with E-state index in [0.717, 1.165) is 12.1 Å². The van der Waals surface area contributed by atoms with E-state index >= 15 is 0 Å². The zero-order valence-corrected chi connectivity index (χ0v) is 13.0. The van der Waals surface area contributed by atoms with Crippen molar-refractivity contribution in [1.29, 1.82) is 0 Å². The first kappa shape index (κ1) is 17.7. The fourth-order valence-corrected chi connectivity index (χ4v) is 3.52. The smallest absolute Gasteiger partial charge is 0.336 e. The number of carbonyl (C=O) groups excluding carboxylic acids is 1. The summed E-state index contributed by atoms with van der Waals surface area (Å²) in [6.45, 7) is 1.55. The highest BCUT2D eigenvalue weighted by molar-refractivity contribution is 7.86. The van der Waals surface area contributed by atoms with Gasteiger partial charge in [0.2, 0.25) is 5.91 Å². The Labute approximate surface area is 131 Å². The maximum absolute atomic E-state index is 12.7. The summed E-state index contributed by atoms with van der Waals surface area (Å²) in [6, 6.07) is 3.94. The predicted molar refractivity (Wildman–Crippen MR) is 74.6 cm³/mol. The van der Waals surface area contributed by atoms with Crippen molar-refractivity contribution < 1.29 is 30.3 Å². The molecule has 0 spiro atoms. The van der Waals surface area contributed by atoms with Crippen molar-refractivity contribution in [2.45, 2.75) is 25.6 Å². The molecule has 1 aliphatic rings. The Morgan fingerprint density at radius 1 is 1.35 bits per heavy atom. The number of carbonyl (C=O) groups is 1. The van der Waals surface area contributed by atoms with E-state index < -0.39 is 45.6 Å². The number of amides is 1. The van der Waals surface area contributed by atoms with Crippen LogP contribution >= 0.6 is 0 Å². The summed E-state index contributed by atoms with van der Waals surface area (Å²) in [5.74, 6) is -1.85. The van der Waals surface area contributed by atoms with Gasteiger partial charge in [0.1, 0.15) is 0 Å². The molecule has 1 saturated heterocycles. The van der Waals surface area contributed by atoms with Gasteiger partial charge in [0.05, 0.1) is 17.4 Å². The molecule has 23 heavy (non-hydrogen) atoms. The van der Waals surface area contributed by atoms with Gasteiger partial charge >= 0.3 is 16.4 Å². The lowest BCUT2D eigenvalue weighted by Crippen LogP contribution is -2.29. The fraction of sp³-hybridized carbons (Fsp3) is 0.500. The summed E-state index contributed by atoms with van der Waals surface area (Å²) >= 11 is 0. The van der Waals surface area contributed by atoms with Gasteiger partial charge in [-0.05, 0) is 24.6 Å². The van der Waals surface area contributed by atoms with E-state index in [1.807, 2.05) is 0 Å². The molecule has 9 heteroatoms. The third-order valence-electron chi connectivity index (χ3n) is 3.84. The van der Waals surface area contributed by atoms with Crippen LogP contribution in [0.25, 0.3) is 0 Å². The summed E-state index contributed by atoms with van der Waals surface area (Å²) in [4.78, 5) is 13.2.